The van der Waals surface area contributed by atoms with Gasteiger partial charge in [-0.3, -0.25) is 4.98 Å². The molecule has 96 valence electrons. The first-order chi connectivity index (χ1) is 9.36. The molecule has 6 nitrogen and oxygen atoms in total. The van der Waals surface area contributed by atoms with Crippen LogP contribution in [0.4, 0.5) is 11.6 Å². The van der Waals surface area contributed by atoms with Crippen LogP contribution in [-0.4, -0.2) is 26.4 Å². The lowest BCUT2D eigenvalue weighted by Crippen LogP contribution is -2.06. The summed E-state index contributed by atoms with van der Waals surface area (Å²) in [6.45, 7) is 0.663. The molecule has 0 radical (unpaired) electrons. The lowest BCUT2D eigenvalue weighted by atomic mass is 10.3. The number of anilines is 2. The lowest BCUT2D eigenvalue weighted by molar-refractivity contribution is 1.06. The smallest absolute Gasteiger partial charge is 0.180 e. The summed E-state index contributed by atoms with van der Waals surface area (Å²) in [4.78, 5) is 12.9. The van der Waals surface area contributed by atoms with Gasteiger partial charge in [-0.2, -0.15) is 0 Å². The standard InChI is InChI=1S/C13H14N6/c1-14-11-9-19-6-5-16-13(19)12(18-11)17-8-10-3-2-4-15-7-10/h2-7,9,14H,8H2,1H3,(H,17,18). The molecule has 3 aromatic heterocycles. The fourth-order valence-electron chi connectivity index (χ4n) is 1.86. The molecule has 0 bridgehead atoms. The minimum absolute atomic E-state index is 0.663. The Morgan fingerprint density at radius 3 is 3.05 bits per heavy atom. The lowest BCUT2D eigenvalue weighted by Gasteiger charge is -2.09. The molecule has 2 N–H and O–H groups in total. The average Bonchev–Trinajstić information content (AvgIpc) is 2.94. The molecule has 3 heterocycles. The summed E-state index contributed by atoms with van der Waals surface area (Å²) in [5.41, 5.74) is 1.91. The number of fused-ring (bicyclic) bond motifs is 1. The van der Waals surface area contributed by atoms with Crippen molar-refractivity contribution in [3.05, 3.63) is 48.7 Å². The zero-order valence-electron chi connectivity index (χ0n) is 10.5. The first kappa shape index (κ1) is 11.5. The summed E-state index contributed by atoms with van der Waals surface area (Å²) in [6, 6.07) is 3.93. The van der Waals surface area contributed by atoms with Crippen molar-refractivity contribution in [3.8, 4) is 0 Å². The highest BCUT2D eigenvalue weighted by Crippen LogP contribution is 2.16. The Morgan fingerprint density at radius 2 is 2.26 bits per heavy atom. The first-order valence-electron chi connectivity index (χ1n) is 6.01. The van der Waals surface area contributed by atoms with Gasteiger partial charge in [-0.1, -0.05) is 6.07 Å². The zero-order valence-corrected chi connectivity index (χ0v) is 10.5. The third-order valence-electron chi connectivity index (χ3n) is 2.81. The predicted molar refractivity (Wildman–Crippen MR) is 74.1 cm³/mol. The number of aromatic nitrogens is 4. The van der Waals surface area contributed by atoms with Crippen molar-refractivity contribution in [2.45, 2.75) is 6.54 Å². The molecule has 0 amide bonds. The summed E-state index contributed by atoms with van der Waals surface area (Å²) in [7, 11) is 1.84. The highest BCUT2D eigenvalue weighted by atomic mass is 15.1. The predicted octanol–water partition coefficient (Wildman–Crippen LogP) is 1.78. The Bertz CT molecular complexity index is 676. The van der Waals surface area contributed by atoms with Crippen LogP contribution in [0.2, 0.25) is 0 Å². The Morgan fingerprint density at radius 1 is 1.32 bits per heavy atom. The van der Waals surface area contributed by atoms with Crippen molar-refractivity contribution in [1.29, 1.82) is 0 Å². The van der Waals surface area contributed by atoms with Gasteiger partial charge in [0.1, 0.15) is 5.82 Å². The van der Waals surface area contributed by atoms with Gasteiger partial charge >= 0.3 is 0 Å². The number of imidazole rings is 1. The van der Waals surface area contributed by atoms with E-state index in [-0.39, 0.29) is 0 Å². The van der Waals surface area contributed by atoms with E-state index < -0.39 is 0 Å². The van der Waals surface area contributed by atoms with Crippen LogP contribution in [-0.2, 0) is 6.54 Å². The molecular weight excluding hydrogens is 240 g/mol. The molecule has 6 heteroatoms. The molecule has 0 saturated heterocycles. The fourth-order valence-corrected chi connectivity index (χ4v) is 1.86. The van der Waals surface area contributed by atoms with Gasteiger partial charge in [-0.15, -0.1) is 0 Å². The number of rotatable bonds is 4. The van der Waals surface area contributed by atoms with E-state index in [1.165, 1.54) is 0 Å². The minimum atomic E-state index is 0.663. The maximum Gasteiger partial charge on any atom is 0.180 e. The van der Waals surface area contributed by atoms with Crippen LogP contribution in [0.3, 0.4) is 0 Å². The molecule has 0 aliphatic carbocycles. The molecule has 0 saturated carbocycles. The summed E-state index contributed by atoms with van der Waals surface area (Å²) in [5, 5.41) is 6.33. The van der Waals surface area contributed by atoms with Crippen LogP contribution >= 0.6 is 0 Å². The van der Waals surface area contributed by atoms with Crippen LogP contribution in [0.25, 0.3) is 5.65 Å². The van der Waals surface area contributed by atoms with Crippen molar-refractivity contribution in [2.75, 3.05) is 17.7 Å². The number of nitrogens with zero attached hydrogens (tertiary/aromatic N) is 4. The van der Waals surface area contributed by atoms with E-state index in [9.17, 15) is 0 Å². The van der Waals surface area contributed by atoms with Gasteiger partial charge in [-0.25, -0.2) is 9.97 Å². The Hall–Kier alpha value is -2.63. The largest absolute Gasteiger partial charge is 0.372 e. The van der Waals surface area contributed by atoms with Crippen LogP contribution in [0, 0.1) is 0 Å². The number of nitrogens with one attached hydrogen (secondary N) is 2. The maximum absolute atomic E-state index is 4.48. The van der Waals surface area contributed by atoms with E-state index in [4.69, 9.17) is 0 Å². The van der Waals surface area contributed by atoms with Gasteiger partial charge < -0.3 is 15.0 Å². The summed E-state index contributed by atoms with van der Waals surface area (Å²) < 4.78 is 1.93. The van der Waals surface area contributed by atoms with Crippen molar-refractivity contribution >= 4 is 17.3 Å². The van der Waals surface area contributed by atoms with Gasteiger partial charge in [0.05, 0.1) is 6.20 Å². The molecule has 0 fully saturated rings. The molecule has 19 heavy (non-hydrogen) atoms. The molecule has 3 aromatic rings. The Labute approximate surface area is 110 Å². The van der Waals surface area contributed by atoms with E-state index in [1.54, 1.807) is 12.4 Å². The second-order valence-electron chi connectivity index (χ2n) is 4.10. The summed E-state index contributed by atoms with van der Waals surface area (Å²) >= 11 is 0. The monoisotopic (exact) mass is 254 g/mol. The topological polar surface area (TPSA) is 67.1 Å². The highest BCUT2D eigenvalue weighted by Gasteiger charge is 2.06. The second kappa shape index (κ2) is 4.93. The normalized spacial score (nSPS) is 10.6. The quantitative estimate of drug-likeness (QED) is 0.743. The van der Waals surface area contributed by atoms with E-state index in [0.29, 0.717) is 6.54 Å². The maximum atomic E-state index is 4.48. The number of hydrogen-bond acceptors (Lipinski definition) is 5. The average molecular weight is 254 g/mol. The summed E-state index contributed by atoms with van der Waals surface area (Å²) in [5.74, 6) is 1.54. The molecule has 0 atom stereocenters. The van der Waals surface area contributed by atoms with Crippen molar-refractivity contribution < 1.29 is 0 Å². The minimum Gasteiger partial charge on any atom is -0.372 e. The highest BCUT2D eigenvalue weighted by molar-refractivity contribution is 5.65. The second-order valence-corrected chi connectivity index (χ2v) is 4.10. The Balaban J connectivity index is 1.89. The van der Waals surface area contributed by atoms with E-state index in [1.807, 2.05) is 42.2 Å². The van der Waals surface area contributed by atoms with Crippen LogP contribution in [0.1, 0.15) is 5.56 Å². The molecule has 0 aliphatic heterocycles. The van der Waals surface area contributed by atoms with Crippen LogP contribution in [0.15, 0.2) is 43.1 Å². The van der Waals surface area contributed by atoms with Crippen LogP contribution in [0.5, 0.6) is 0 Å². The van der Waals surface area contributed by atoms with Crippen molar-refractivity contribution in [2.24, 2.45) is 0 Å². The summed E-state index contributed by atoms with van der Waals surface area (Å²) in [6.07, 6.45) is 9.14. The Kier molecular flexibility index (Phi) is 2.97. The van der Waals surface area contributed by atoms with Gasteiger partial charge in [0, 0.05) is 38.4 Å². The first-order valence-corrected chi connectivity index (χ1v) is 6.01. The van der Waals surface area contributed by atoms with Gasteiger partial charge in [0.15, 0.2) is 11.5 Å². The number of pyridine rings is 1. The molecule has 0 aromatic carbocycles. The SMILES string of the molecule is CNc1cn2ccnc2c(NCc2cccnc2)n1. The van der Waals surface area contributed by atoms with Crippen molar-refractivity contribution in [3.63, 3.8) is 0 Å². The molecule has 0 aliphatic rings. The molecule has 0 unspecified atom stereocenters. The van der Waals surface area contributed by atoms with Gasteiger partial charge in [0.25, 0.3) is 0 Å². The molecular formula is C13H14N6. The van der Waals surface area contributed by atoms with Gasteiger partial charge in [0.2, 0.25) is 0 Å². The van der Waals surface area contributed by atoms with Crippen molar-refractivity contribution in [1.82, 2.24) is 19.4 Å². The van der Waals surface area contributed by atoms with E-state index in [0.717, 1.165) is 22.8 Å². The zero-order chi connectivity index (χ0) is 13.1. The number of hydrogen-bond donors (Lipinski definition) is 2. The van der Waals surface area contributed by atoms with Crippen LogP contribution < -0.4 is 10.6 Å². The molecule has 0 spiro atoms. The van der Waals surface area contributed by atoms with E-state index >= 15 is 0 Å². The fraction of sp³-hybridized carbons (Fsp3) is 0.154. The van der Waals surface area contributed by atoms with Gasteiger partial charge in [-0.05, 0) is 11.6 Å². The third-order valence-corrected chi connectivity index (χ3v) is 2.81. The third kappa shape index (κ3) is 2.33. The molecule has 3 rings (SSSR count). The van der Waals surface area contributed by atoms with E-state index in [2.05, 4.69) is 25.6 Å².